The maximum atomic E-state index is 11.8. The Morgan fingerprint density at radius 1 is 0.606 bits per heavy atom. The van der Waals surface area contributed by atoms with Crippen molar-refractivity contribution in [3.63, 3.8) is 0 Å². The van der Waals surface area contributed by atoms with E-state index < -0.39 is 18.1 Å². The van der Waals surface area contributed by atoms with Crippen LogP contribution < -0.4 is 157 Å². The van der Waals surface area contributed by atoms with Gasteiger partial charge in [0.2, 0.25) is 11.8 Å². The van der Waals surface area contributed by atoms with E-state index in [0.29, 0.717) is 37.8 Å². The van der Waals surface area contributed by atoms with E-state index in [2.05, 4.69) is 58.3 Å². The molecule has 0 radical (unpaired) electrons. The zero-order valence-electron chi connectivity index (χ0n) is 50.6. The molecule has 22 nitrogen and oxygen atoms in total. The molecular weight excluding hydrogens is 967 g/mol. The Bertz CT molecular complexity index is 1460. The average molecular weight is 1070 g/mol. The van der Waals surface area contributed by atoms with E-state index >= 15 is 0 Å². The second kappa shape index (κ2) is 49.4. The number of aldehydes is 1. The van der Waals surface area contributed by atoms with Crippen molar-refractivity contribution < 1.29 is 148 Å². The number of hydrogen-bond donors (Lipinski definition) is 10. The number of urea groups is 2. The molecule has 2 aliphatic rings. The molecule has 6 amide bonds. The van der Waals surface area contributed by atoms with Gasteiger partial charge in [-0.25, -0.2) is 20.4 Å². The summed E-state index contributed by atoms with van der Waals surface area (Å²) >= 11 is 0. The summed E-state index contributed by atoms with van der Waals surface area (Å²) in [6.45, 7) is 12.0. The number of ketones is 3. The molecule has 2 fully saturated rings. The van der Waals surface area contributed by atoms with E-state index in [4.69, 9.17) is 21.3 Å². The van der Waals surface area contributed by atoms with Crippen LogP contribution >= 0.6 is 0 Å². The van der Waals surface area contributed by atoms with Crippen molar-refractivity contribution >= 4 is 59.9 Å². The number of Topliss-reactive ketones (excluding diaryl/α,β-unsaturated/α-hetero) is 3. The molecule has 2 aliphatic carbocycles. The van der Waals surface area contributed by atoms with Gasteiger partial charge in [-0.15, -0.1) is 0 Å². The Morgan fingerprint density at radius 3 is 1.18 bits per heavy atom. The largest absolute Gasteiger partial charge is 1.00 e. The minimum atomic E-state index is -0.748. The average Bonchev–Trinajstić information content (AvgIpc) is 3.41. The molecule has 2 saturated carbocycles. The normalized spacial score (nSPS) is 19.7. The van der Waals surface area contributed by atoms with E-state index in [1.54, 1.807) is 33.4 Å². The molecule has 2 rings (SSSR count). The number of rotatable bonds is 26. The zero-order chi connectivity index (χ0) is 56.0. The Kier molecular flexibility index (Phi) is 51.3. The maximum absolute atomic E-state index is 11.8. The van der Waals surface area contributed by atoms with Crippen LogP contribution in [0.2, 0.25) is 0 Å². The molecule has 0 aliphatic heterocycles. The van der Waals surface area contributed by atoms with Gasteiger partial charge < -0.3 is 62.1 Å². The summed E-state index contributed by atoms with van der Waals surface area (Å²) < 4.78 is 17.2. The summed E-state index contributed by atoms with van der Waals surface area (Å²) in [7, 11) is 7.07. The summed E-state index contributed by atoms with van der Waals surface area (Å²) in [6.07, 6.45) is 13.1. The van der Waals surface area contributed by atoms with Gasteiger partial charge in [0.05, 0.1) is 31.7 Å². The van der Waals surface area contributed by atoms with Gasteiger partial charge >= 0.3 is 115 Å². The van der Waals surface area contributed by atoms with Crippen LogP contribution in [0.4, 0.5) is 9.59 Å². The van der Waals surface area contributed by atoms with Crippen LogP contribution in [0.25, 0.3) is 11.5 Å². The van der Waals surface area contributed by atoms with E-state index in [0.717, 1.165) is 64.1 Å². The fourth-order valence-corrected chi connectivity index (χ4v) is 6.65. The van der Waals surface area contributed by atoms with Crippen molar-refractivity contribution in [1.82, 2.24) is 48.1 Å². The molecule has 71 heavy (non-hydrogen) atoms. The summed E-state index contributed by atoms with van der Waals surface area (Å²) in [5.41, 5.74) is 24.8. The van der Waals surface area contributed by atoms with Gasteiger partial charge in [-0.2, -0.15) is 10.2 Å². The number of carbonyl (C=O) groups excluding carboxylic acids is 8. The van der Waals surface area contributed by atoms with Gasteiger partial charge in [0, 0.05) is 67.6 Å². The third kappa shape index (κ3) is 39.6. The molecule has 6 atom stereocenters. The molecule has 0 aromatic rings. The number of hydrogen-bond acceptors (Lipinski definition) is 14. The standard InChI is InChI=1S/C18H34N6O3.C18H33N6O3.C8H15N2O2.3CH4.2K.2H/c2*1-4-15(21-11-16(25)12(2)19)10-23-24-18(27)22-9-13-5-7-14(8-6-13)17(26)20-3;1-3-7(5-11)10-4-8(12)6(2)9;;;;;;;/h10,12-15,21H,4-9,11,19H2,1-3H3,(H,20,26)(H2,22,24,27);10,12-15,19,21H,4-9,11H2,1-3H3,(H,20,26)(H2,22,24,27);5-7,9-10H,3-4H2,1-2H3;3*1H4;;;;/q;2*-1;;;;2*+1;2*-1/b2*23-10+;;;;;;;;/t2*12?,13?,14?,15-;6?,7-;;;;;;;/m000......./s1/i;;;3*1T;;;2*1+2. The number of nitrogens with one attached hydrogen (secondary N) is 11. The molecule has 0 heterocycles. The van der Waals surface area contributed by atoms with Crippen LogP contribution in [-0.4, -0.2) is 143 Å². The predicted octanol–water partition coefficient (Wildman–Crippen LogP) is -1.99. The van der Waals surface area contributed by atoms with Gasteiger partial charge in [0.15, 0.2) is 5.78 Å². The number of hydrazone groups is 2. The summed E-state index contributed by atoms with van der Waals surface area (Å²) in [5.74, 6) is 0.721. The number of carbonyl (C=O) groups is 8. The molecule has 13 N–H and O–H groups in total. The van der Waals surface area contributed by atoms with Crippen molar-refractivity contribution in [1.29, 1.82) is 0 Å². The van der Waals surface area contributed by atoms with Gasteiger partial charge in [0.1, 0.15) is 17.9 Å². The van der Waals surface area contributed by atoms with Crippen molar-refractivity contribution in [3.05, 3.63) is 11.5 Å². The van der Waals surface area contributed by atoms with Crippen LogP contribution in [0.3, 0.4) is 0 Å². The maximum Gasteiger partial charge on any atom is 1.00 e. The van der Waals surface area contributed by atoms with Crippen LogP contribution in [0, 0.1) is 23.7 Å². The van der Waals surface area contributed by atoms with Gasteiger partial charge in [-0.05, 0) is 89.4 Å². The van der Waals surface area contributed by atoms with Gasteiger partial charge in [-0.3, -0.25) is 24.0 Å². The number of amides is 6. The molecule has 0 aromatic carbocycles. The Hall–Kier alpha value is -1.47. The van der Waals surface area contributed by atoms with Crippen molar-refractivity contribution in [2.75, 3.05) is 46.8 Å². The second-order valence-electron chi connectivity index (χ2n) is 16.8. The molecule has 0 saturated heterocycles. The fraction of sp³-hybridized carbons (Fsp3) is 0.787. The summed E-state index contributed by atoms with van der Waals surface area (Å²) in [6, 6.07) is -3.20. The molecule has 3 unspecified atom stereocenters. The number of nitrogens with zero attached hydrogens (tertiary/aromatic N) is 2. The minimum absolute atomic E-state index is 0. The van der Waals surface area contributed by atoms with E-state index in [1.807, 2.05) is 20.8 Å². The third-order valence-corrected chi connectivity index (χ3v) is 11.4. The SMILES string of the molecule is CC[C@@H](/C=N/NC(=O)NCC1CCC(C(=O)NC)CC1)NCC(=O)C(C)N.CC[C@@H](/C=N/NC(=O)NCC1CCC(C(=O)NC)CC1)NCC(=O)C(C)[NH-].CC[C@@H](C=O)NCC(=O)C(C)[NH-].[3H-].[3H-].[3H]C.[3H]C.[3H]C.[K+].[K+]. The van der Waals surface area contributed by atoms with Crippen LogP contribution in [0.5, 0.6) is 0 Å². The van der Waals surface area contributed by atoms with Gasteiger partial charge in [0.25, 0.3) is 0 Å². The molecule has 406 valence electrons. The van der Waals surface area contributed by atoms with Crippen LogP contribution in [0.15, 0.2) is 10.2 Å². The van der Waals surface area contributed by atoms with E-state index in [9.17, 15) is 38.4 Å². The predicted molar refractivity (Wildman–Crippen MR) is 280 cm³/mol. The first-order valence-electron chi connectivity index (χ1n) is 26.3. The Morgan fingerprint density at radius 2 is 0.915 bits per heavy atom. The molecular formula is C47H96K2N14O8-2. The monoisotopic (exact) mass is 1070 g/mol. The van der Waals surface area contributed by atoms with Crippen molar-refractivity contribution in [2.24, 2.45) is 39.6 Å². The molecule has 0 bridgehead atoms. The first-order valence-corrected chi connectivity index (χ1v) is 23.3. The Labute approximate surface area is 519 Å². The molecule has 24 heteroatoms. The van der Waals surface area contributed by atoms with Crippen LogP contribution in [-0.2, 0) is 28.8 Å². The first kappa shape index (κ1) is 73.8. The second-order valence-corrected chi connectivity index (χ2v) is 16.8. The third-order valence-electron chi connectivity index (χ3n) is 11.4. The smallest absolute Gasteiger partial charge is 1.00 e. The van der Waals surface area contributed by atoms with E-state index in [1.165, 1.54) is 36.1 Å². The molecule has 0 spiro atoms. The fourth-order valence-electron chi connectivity index (χ4n) is 6.65. The molecule has 0 aromatic heterocycles. The number of nitrogens with two attached hydrogens (primary N) is 1. The topological polar surface area (TPSA) is 343 Å². The minimum Gasteiger partial charge on any atom is -1.00 e. The quantitative estimate of drug-likeness (QED) is 0.0195. The Balaban J connectivity index is -0.000000149. The van der Waals surface area contributed by atoms with Crippen molar-refractivity contribution in [3.8, 4) is 0 Å². The first-order chi connectivity index (χ1) is 34.3. The van der Waals surface area contributed by atoms with E-state index in [-0.39, 0.29) is 196 Å². The van der Waals surface area contributed by atoms with Gasteiger partial charge in [-0.1, -0.05) is 68.9 Å². The van der Waals surface area contributed by atoms with Crippen molar-refractivity contribution in [2.45, 2.75) is 171 Å². The zero-order valence-corrected chi connectivity index (χ0v) is 51.8. The van der Waals surface area contributed by atoms with Crippen LogP contribution in [0.1, 0.15) is 141 Å². The summed E-state index contributed by atoms with van der Waals surface area (Å²) in [5, 5.41) is 27.7. The summed E-state index contributed by atoms with van der Waals surface area (Å²) in [4.78, 5) is 91.1.